The minimum absolute atomic E-state index is 0.0675. The normalized spacial score (nSPS) is 13.0. The maximum Gasteiger partial charge on any atom is 0.236 e. The van der Waals surface area contributed by atoms with E-state index >= 15 is 0 Å². The molecule has 0 heterocycles. The number of nitrogens with two attached hydrogens (primary N) is 2. The Bertz CT molecular complexity index is 148. The number of carbonyl (C=O) groups excluding carboxylic acids is 1. The summed E-state index contributed by atoms with van der Waals surface area (Å²) in [5.74, 6) is 0.386. The molecule has 0 aromatic carbocycles. The number of carbonyl (C=O) groups is 1. The molecule has 0 spiro atoms. The summed E-state index contributed by atoms with van der Waals surface area (Å²) in [6.45, 7) is 5.32. The highest BCUT2D eigenvalue weighted by Crippen LogP contribution is 2.02. The van der Waals surface area contributed by atoms with Gasteiger partial charge >= 0.3 is 0 Å². The lowest BCUT2D eigenvalue weighted by Crippen LogP contribution is -2.42. The van der Waals surface area contributed by atoms with Crippen LogP contribution in [0.4, 0.5) is 0 Å². The quantitative estimate of drug-likeness (QED) is 0.505. The van der Waals surface area contributed by atoms with E-state index in [-0.39, 0.29) is 11.9 Å². The van der Waals surface area contributed by atoms with Crippen LogP contribution in [0.1, 0.15) is 26.7 Å². The molecule has 0 radical (unpaired) electrons. The Balaban J connectivity index is 3.57. The SMILES string of the molecule is CC(C)C[C@H](N)C(=O)NCCCN. The molecule has 0 rings (SSSR count). The molecule has 0 aromatic rings. The van der Waals surface area contributed by atoms with Gasteiger partial charge in [-0.3, -0.25) is 4.79 Å². The van der Waals surface area contributed by atoms with Gasteiger partial charge in [-0.25, -0.2) is 0 Å². The van der Waals surface area contributed by atoms with Crippen LogP contribution in [0.5, 0.6) is 0 Å². The molecule has 0 aliphatic carbocycles. The molecule has 0 aromatic heterocycles. The van der Waals surface area contributed by atoms with Crippen LogP contribution in [-0.2, 0) is 4.79 Å². The predicted octanol–water partition coefficient (Wildman–Crippen LogP) is -0.175. The molecule has 4 nitrogen and oxygen atoms in total. The van der Waals surface area contributed by atoms with Gasteiger partial charge in [0.1, 0.15) is 0 Å². The van der Waals surface area contributed by atoms with Crippen molar-refractivity contribution in [3.63, 3.8) is 0 Å². The first-order chi connectivity index (χ1) is 6.07. The summed E-state index contributed by atoms with van der Waals surface area (Å²) in [4.78, 5) is 11.3. The number of hydrogen-bond donors (Lipinski definition) is 3. The van der Waals surface area contributed by atoms with Crippen LogP contribution in [0.15, 0.2) is 0 Å². The zero-order valence-electron chi connectivity index (χ0n) is 8.55. The first kappa shape index (κ1) is 12.4. The van der Waals surface area contributed by atoms with Gasteiger partial charge in [0, 0.05) is 6.54 Å². The van der Waals surface area contributed by atoms with Crippen molar-refractivity contribution >= 4 is 5.91 Å². The van der Waals surface area contributed by atoms with Crippen molar-refractivity contribution in [1.82, 2.24) is 5.32 Å². The van der Waals surface area contributed by atoms with Gasteiger partial charge < -0.3 is 16.8 Å². The second-order valence-corrected chi connectivity index (χ2v) is 3.67. The summed E-state index contributed by atoms with van der Waals surface area (Å²) < 4.78 is 0. The van der Waals surface area contributed by atoms with Crippen molar-refractivity contribution in [2.24, 2.45) is 17.4 Å². The average Bonchev–Trinajstić information content (AvgIpc) is 2.03. The summed E-state index contributed by atoms with van der Waals surface area (Å²) in [6.07, 6.45) is 1.54. The summed E-state index contributed by atoms with van der Waals surface area (Å²) in [7, 11) is 0. The standard InChI is InChI=1S/C9H21N3O/c1-7(2)6-8(11)9(13)12-5-3-4-10/h7-8H,3-6,10-11H2,1-2H3,(H,12,13)/t8-/m0/s1. The monoisotopic (exact) mass is 187 g/mol. The lowest BCUT2D eigenvalue weighted by Gasteiger charge is -2.13. The molecule has 0 fully saturated rings. The van der Waals surface area contributed by atoms with Crippen LogP contribution in [0, 0.1) is 5.92 Å². The average molecular weight is 187 g/mol. The van der Waals surface area contributed by atoms with Crippen molar-refractivity contribution in [1.29, 1.82) is 0 Å². The van der Waals surface area contributed by atoms with Crippen LogP contribution in [0.2, 0.25) is 0 Å². The molecule has 0 saturated carbocycles. The summed E-state index contributed by atoms with van der Waals surface area (Å²) in [5.41, 5.74) is 10.9. The lowest BCUT2D eigenvalue weighted by molar-refractivity contribution is -0.122. The number of hydrogen-bond acceptors (Lipinski definition) is 3. The molecule has 0 unspecified atom stereocenters. The molecule has 1 amide bonds. The van der Waals surface area contributed by atoms with Crippen LogP contribution >= 0.6 is 0 Å². The van der Waals surface area contributed by atoms with E-state index in [2.05, 4.69) is 5.32 Å². The maximum absolute atomic E-state index is 11.3. The van der Waals surface area contributed by atoms with E-state index in [0.717, 1.165) is 12.8 Å². The topological polar surface area (TPSA) is 81.1 Å². The molecule has 0 saturated heterocycles. The van der Waals surface area contributed by atoms with Gasteiger partial charge in [-0.2, -0.15) is 0 Å². The molecule has 0 aliphatic rings. The smallest absolute Gasteiger partial charge is 0.236 e. The van der Waals surface area contributed by atoms with E-state index < -0.39 is 0 Å². The second-order valence-electron chi connectivity index (χ2n) is 3.67. The first-order valence-electron chi connectivity index (χ1n) is 4.81. The van der Waals surface area contributed by atoms with Crippen molar-refractivity contribution in [2.75, 3.05) is 13.1 Å². The van der Waals surface area contributed by atoms with E-state index in [0.29, 0.717) is 19.0 Å². The van der Waals surface area contributed by atoms with E-state index in [9.17, 15) is 4.79 Å². The van der Waals surface area contributed by atoms with E-state index in [1.807, 2.05) is 13.8 Å². The third-order valence-electron chi connectivity index (χ3n) is 1.74. The Kier molecular flexibility index (Phi) is 6.54. The minimum atomic E-state index is -0.377. The maximum atomic E-state index is 11.3. The molecule has 0 aliphatic heterocycles. The Labute approximate surface area is 80.0 Å². The van der Waals surface area contributed by atoms with E-state index in [1.54, 1.807) is 0 Å². The van der Waals surface area contributed by atoms with Gasteiger partial charge in [0.25, 0.3) is 0 Å². The van der Waals surface area contributed by atoms with Crippen LogP contribution in [0.25, 0.3) is 0 Å². The summed E-state index contributed by atoms with van der Waals surface area (Å²) in [6, 6.07) is -0.377. The van der Waals surface area contributed by atoms with Gasteiger partial charge in [0.15, 0.2) is 0 Å². The van der Waals surface area contributed by atoms with Gasteiger partial charge in [0.05, 0.1) is 6.04 Å². The molecular weight excluding hydrogens is 166 g/mol. The summed E-state index contributed by atoms with van der Waals surface area (Å²) in [5, 5.41) is 2.74. The highest BCUT2D eigenvalue weighted by atomic mass is 16.2. The molecule has 78 valence electrons. The van der Waals surface area contributed by atoms with E-state index in [1.165, 1.54) is 0 Å². The largest absolute Gasteiger partial charge is 0.355 e. The van der Waals surface area contributed by atoms with Gasteiger partial charge in [-0.05, 0) is 25.3 Å². The Morgan fingerprint density at radius 1 is 1.46 bits per heavy atom. The van der Waals surface area contributed by atoms with Crippen LogP contribution in [-0.4, -0.2) is 25.0 Å². The van der Waals surface area contributed by atoms with Crippen LogP contribution < -0.4 is 16.8 Å². The zero-order chi connectivity index (χ0) is 10.3. The Morgan fingerprint density at radius 2 is 2.08 bits per heavy atom. The fourth-order valence-electron chi connectivity index (χ4n) is 1.06. The third-order valence-corrected chi connectivity index (χ3v) is 1.74. The lowest BCUT2D eigenvalue weighted by atomic mass is 10.0. The number of amides is 1. The first-order valence-corrected chi connectivity index (χ1v) is 4.81. The Hall–Kier alpha value is -0.610. The van der Waals surface area contributed by atoms with Crippen LogP contribution in [0.3, 0.4) is 0 Å². The summed E-state index contributed by atoms with van der Waals surface area (Å²) >= 11 is 0. The van der Waals surface area contributed by atoms with Crippen molar-refractivity contribution in [2.45, 2.75) is 32.7 Å². The van der Waals surface area contributed by atoms with Gasteiger partial charge in [-0.15, -0.1) is 0 Å². The molecule has 5 N–H and O–H groups in total. The van der Waals surface area contributed by atoms with Gasteiger partial charge in [0.2, 0.25) is 5.91 Å². The Morgan fingerprint density at radius 3 is 2.54 bits per heavy atom. The minimum Gasteiger partial charge on any atom is -0.355 e. The number of rotatable bonds is 6. The third kappa shape index (κ3) is 6.54. The second kappa shape index (κ2) is 6.86. The van der Waals surface area contributed by atoms with Gasteiger partial charge in [-0.1, -0.05) is 13.8 Å². The molecule has 1 atom stereocenters. The number of nitrogens with one attached hydrogen (secondary N) is 1. The zero-order valence-corrected chi connectivity index (χ0v) is 8.55. The molecular formula is C9H21N3O. The van der Waals surface area contributed by atoms with E-state index in [4.69, 9.17) is 11.5 Å². The van der Waals surface area contributed by atoms with Crippen molar-refractivity contribution in [3.05, 3.63) is 0 Å². The van der Waals surface area contributed by atoms with Crippen molar-refractivity contribution in [3.8, 4) is 0 Å². The highest BCUT2D eigenvalue weighted by molar-refractivity contribution is 5.81. The molecule has 13 heavy (non-hydrogen) atoms. The van der Waals surface area contributed by atoms with Crippen molar-refractivity contribution < 1.29 is 4.79 Å². The highest BCUT2D eigenvalue weighted by Gasteiger charge is 2.13. The predicted molar refractivity (Wildman–Crippen MR) is 54.1 cm³/mol. The molecule has 0 bridgehead atoms. The molecule has 4 heteroatoms. The fraction of sp³-hybridized carbons (Fsp3) is 0.889. The fourth-order valence-corrected chi connectivity index (χ4v) is 1.06.